The normalized spacial score (nSPS) is 17.3. The van der Waals surface area contributed by atoms with Gasteiger partial charge in [0.15, 0.2) is 0 Å². The number of rotatable bonds is 4. The molecule has 0 saturated carbocycles. The third-order valence-electron chi connectivity index (χ3n) is 1.34. The van der Waals surface area contributed by atoms with Crippen LogP contribution in [0, 0.1) is 0 Å². The smallest absolute Gasteiger partial charge is 0.301 e. The molecule has 0 saturated heterocycles. The van der Waals surface area contributed by atoms with E-state index in [9.17, 15) is 0 Å². The molecule has 2 N–H and O–H groups in total. The van der Waals surface area contributed by atoms with Crippen molar-refractivity contribution in [3.63, 3.8) is 0 Å². The van der Waals surface area contributed by atoms with Crippen molar-refractivity contribution in [1.82, 2.24) is 9.96 Å². The second kappa shape index (κ2) is 4.28. The van der Waals surface area contributed by atoms with E-state index in [4.69, 9.17) is 11.1 Å². The lowest BCUT2D eigenvalue weighted by Gasteiger charge is -2.21. The zero-order valence-corrected chi connectivity index (χ0v) is 8.05. The average molecular weight is 167 g/mol. The summed E-state index contributed by atoms with van der Waals surface area (Å²) < 4.78 is 0. The van der Waals surface area contributed by atoms with Crippen molar-refractivity contribution >= 4 is 18.8 Å². The van der Waals surface area contributed by atoms with E-state index in [1.54, 1.807) is 0 Å². The molecule has 0 bridgehead atoms. The molecule has 9 heavy (non-hydrogen) atoms. The van der Waals surface area contributed by atoms with E-state index >= 15 is 0 Å². The fourth-order valence-electron chi connectivity index (χ4n) is 0.670. The molecule has 0 spiro atoms. The Hall–Kier alpha value is 0.427. The van der Waals surface area contributed by atoms with Crippen LogP contribution in [0.3, 0.4) is 0 Å². The number of hydrogen-bond donors (Lipinski definition) is 2. The van der Waals surface area contributed by atoms with Crippen molar-refractivity contribution in [2.75, 3.05) is 13.6 Å². The lowest BCUT2D eigenvalue weighted by atomic mass is 10.8. The molecule has 0 radical (unpaired) electrons. The summed E-state index contributed by atoms with van der Waals surface area (Å²) in [6, 6.07) is 1.01. The molecule has 0 heterocycles. The zero-order valence-electron chi connectivity index (χ0n) is 6.29. The van der Waals surface area contributed by atoms with E-state index in [0.29, 0.717) is 0 Å². The molecule has 1 atom stereocenters. The Kier molecular flexibility index (Phi) is 4.48. The van der Waals surface area contributed by atoms with Crippen molar-refractivity contribution in [1.29, 1.82) is 0 Å². The number of nitrogens with one attached hydrogen (secondary N) is 2. The van der Waals surface area contributed by atoms with Gasteiger partial charge in [-0.2, -0.15) is 0 Å². The van der Waals surface area contributed by atoms with Crippen LogP contribution in [0.5, 0.6) is 0 Å². The molecule has 0 aliphatic rings. The van der Waals surface area contributed by atoms with Gasteiger partial charge in [0.25, 0.3) is 0 Å². The van der Waals surface area contributed by atoms with Gasteiger partial charge in [-0.25, -0.2) is 0 Å². The Bertz CT molecular complexity index is 75.4. The highest BCUT2D eigenvalue weighted by atomic mass is 35.6. The van der Waals surface area contributed by atoms with Gasteiger partial charge >= 0.3 is 7.71 Å². The van der Waals surface area contributed by atoms with E-state index in [1.165, 1.54) is 0 Å². The lowest BCUT2D eigenvalue weighted by molar-refractivity contribution is 0.919. The summed E-state index contributed by atoms with van der Waals surface area (Å²) >= 11 is 6.12. The highest BCUT2D eigenvalue weighted by Crippen LogP contribution is 2.04. The summed E-state index contributed by atoms with van der Waals surface area (Å²) in [7, 11) is 0.183. The molecule has 56 valence electrons. The maximum absolute atomic E-state index is 6.12. The first-order valence-electron chi connectivity index (χ1n) is 3.31. The van der Waals surface area contributed by atoms with E-state index < -0.39 is 7.71 Å². The fourth-order valence-corrected chi connectivity index (χ4v) is 2.41. The first-order chi connectivity index (χ1) is 4.18. The molecule has 2 nitrogen and oxygen atoms in total. The Morgan fingerprint density at radius 2 is 2.00 bits per heavy atom. The van der Waals surface area contributed by atoms with Gasteiger partial charge in [-0.1, -0.05) is 13.8 Å². The van der Waals surface area contributed by atoms with Gasteiger partial charge in [-0.15, -0.1) is 11.1 Å². The molecule has 0 aromatic rings. The van der Waals surface area contributed by atoms with Gasteiger partial charge in [-0.3, -0.25) is 0 Å². The summed E-state index contributed by atoms with van der Waals surface area (Å²) in [5.41, 5.74) is 0. The molecule has 1 unspecified atom stereocenters. The van der Waals surface area contributed by atoms with E-state index in [1.807, 2.05) is 7.05 Å². The standard InChI is InChI=1S/C5H15ClN2Si/c1-4-8-9(6,5-2)7-3/h7-8H,4-5H2,1-3H3. The second-order valence-corrected chi connectivity index (χ2v) is 7.03. The highest BCUT2D eigenvalue weighted by Gasteiger charge is 2.25. The first kappa shape index (κ1) is 9.43. The quantitative estimate of drug-likeness (QED) is 0.482. The van der Waals surface area contributed by atoms with Crippen LogP contribution in [0.4, 0.5) is 0 Å². The van der Waals surface area contributed by atoms with Gasteiger partial charge in [0.1, 0.15) is 0 Å². The topological polar surface area (TPSA) is 24.1 Å². The predicted molar refractivity (Wildman–Crippen MR) is 44.8 cm³/mol. The largest absolute Gasteiger partial charge is 0.316 e. The van der Waals surface area contributed by atoms with E-state index in [0.717, 1.165) is 12.6 Å². The van der Waals surface area contributed by atoms with Crippen molar-refractivity contribution in [3.8, 4) is 0 Å². The second-order valence-electron chi connectivity index (χ2n) is 1.94. The van der Waals surface area contributed by atoms with Crippen LogP contribution in [0.25, 0.3) is 0 Å². The van der Waals surface area contributed by atoms with Crippen molar-refractivity contribution in [3.05, 3.63) is 0 Å². The maximum Gasteiger partial charge on any atom is 0.301 e. The highest BCUT2D eigenvalue weighted by molar-refractivity contribution is 7.17. The van der Waals surface area contributed by atoms with Crippen LogP contribution in [0.15, 0.2) is 0 Å². The SMILES string of the molecule is CCN[Si](Cl)(CC)NC. The molecule has 0 fully saturated rings. The van der Waals surface area contributed by atoms with Crippen molar-refractivity contribution < 1.29 is 0 Å². The van der Waals surface area contributed by atoms with Gasteiger partial charge in [-0.05, 0) is 19.6 Å². The minimum Gasteiger partial charge on any atom is -0.316 e. The molecular formula is C5H15ClN2Si. The molecule has 0 aromatic heterocycles. The van der Waals surface area contributed by atoms with Crippen LogP contribution >= 0.6 is 11.1 Å². The fraction of sp³-hybridized carbons (Fsp3) is 1.00. The Morgan fingerprint density at radius 3 is 2.11 bits per heavy atom. The van der Waals surface area contributed by atoms with Gasteiger partial charge < -0.3 is 9.96 Å². The summed E-state index contributed by atoms with van der Waals surface area (Å²) in [4.78, 5) is 6.37. The Labute approximate surface area is 62.8 Å². The minimum atomic E-state index is -1.73. The Balaban J connectivity index is 3.62. The molecule has 4 heteroatoms. The summed E-state index contributed by atoms with van der Waals surface area (Å²) in [6.45, 7) is 5.11. The van der Waals surface area contributed by atoms with Gasteiger partial charge in [0.2, 0.25) is 0 Å². The predicted octanol–water partition coefficient (Wildman–Crippen LogP) is 1.01. The molecule has 0 aromatic carbocycles. The number of halogens is 1. The third-order valence-corrected chi connectivity index (χ3v) is 5.79. The van der Waals surface area contributed by atoms with Crippen LogP contribution in [0.2, 0.25) is 6.04 Å². The zero-order chi connectivity index (χ0) is 7.33. The summed E-state index contributed by atoms with van der Waals surface area (Å²) in [5.74, 6) is 0. The molecule has 0 amide bonds. The molecule has 0 aliphatic heterocycles. The van der Waals surface area contributed by atoms with E-state index in [-0.39, 0.29) is 0 Å². The minimum absolute atomic E-state index is 0.949. The molecule has 0 aliphatic carbocycles. The Morgan fingerprint density at radius 1 is 1.44 bits per heavy atom. The first-order valence-corrected chi connectivity index (χ1v) is 6.53. The average Bonchev–Trinajstić information content (AvgIpc) is 1.89. The van der Waals surface area contributed by atoms with Gasteiger partial charge in [0.05, 0.1) is 0 Å². The number of hydrogen-bond acceptors (Lipinski definition) is 2. The summed E-state index contributed by atoms with van der Waals surface area (Å²) in [5, 5.41) is 0. The van der Waals surface area contributed by atoms with Crippen LogP contribution in [-0.4, -0.2) is 21.3 Å². The lowest BCUT2D eigenvalue weighted by Crippen LogP contribution is -2.55. The van der Waals surface area contributed by atoms with Crippen LogP contribution < -0.4 is 9.96 Å². The van der Waals surface area contributed by atoms with Crippen LogP contribution in [-0.2, 0) is 0 Å². The molecular weight excluding hydrogens is 152 g/mol. The van der Waals surface area contributed by atoms with Gasteiger partial charge in [0, 0.05) is 0 Å². The third kappa shape index (κ3) is 3.20. The van der Waals surface area contributed by atoms with Crippen molar-refractivity contribution in [2.24, 2.45) is 0 Å². The van der Waals surface area contributed by atoms with Crippen molar-refractivity contribution in [2.45, 2.75) is 19.9 Å². The van der Waals surface area contributed by atoms with Crippen LogP contribution in [0.1, 0.15) is 13.8 Å². The van der Waals surface area contributed by atoms with E-state index in [2.05, 4.69) is 23.8 Å². The maximum atomic E-state index is 6.12. The molecule has 0 rings (SSSR count). The summed E-state index contributed by atoms with van der Waals surface area (Å²) in [6.07, 6.45) is 0. The monoisotopic (exact) mass is 166 g/mol.